The Morgan fingerprint density at radius 2 is 2.41 bits per heavy atom. The van der Waals surface area contributed by atoms with E-state index in [2.05, 4.69) is 10.3 Å². The summed E-state index contributed by atoms with van der Waals surface area (Å²) in [5.74, 6) is 1.19. The van der Waals surface area contributed by atoms with E-state index in [0.717, 1.165) is 31.5 Å². The molecule has 0 radical (unpaired) electrons. The van der Waals surface area contributed by atoms with E-state index in [4.69, 9.17) is 4.74 Å². The molecule has 1 aromatic heterocycles. The first-order valence-corrected chi connectivity index (χ1v) is 6.20. The minimum absolute atomic E-state index is 0.109. The van der Waals surface area contributed by atoms with Crippen LogP contribution in [0.4, 0.5) is 5.69 Å². The van der Waals surface area contributed by atoms with Crippen LogP contribution >= 0.6 is 0 Å². The highest BCUT2D eigenvalue weighted by Gasteiger charge is 2.19. The zero-order valence-corrected chi connectivity index (χ0v) is 10.2. The highest BCUT2D eigenvalue weighted by molar-refractivity contribution is 5.44. The SMILES string of the molecule is COc1cc(NCC2CCCC(O)C2)ccn1. The molecule has 2 rings (SSSR count). The number of rotatable bonds is 4. The maximum absolute atomic E-state index is 9.60. The summed E-state index contributed by atoms with van der Waals surface area (Å²) in [6.07, 6.45) is 5.83. The molecular formula is C13H20N2O2. The summed E-state index contributed by atoms with van der Waals surface area (Å²) in [7, 11) is 1.61. The molecule has 2 unspecified atom stereocenters. The second-order valence-corrected chi connectivity index (χ2v) is 4.65. The molecule has 4 nitrogen and oxygen atoms in total. The Hall–Kier alpha value is -1.29. The number of methoxy groups -OCH3 is 1. The molecule has 1 heterocycles. The van der Waals surface area contributed by atoms with Crippen LogP contribution in [0.15, 0.2) is 18.3 Å². The van der Waals surface area contributed by atoms with Crippen molar-refractivity contribution in [2.75, 3.05) is 19.0 Å². The summed E-state index contributed by atoms with van der Waals surface area (Å²) in [5, 5.41) is 13.0. The maximum atomic E-state index is 9.60. The van der Waals surface area contributed by atoms with E-state index in [-0.39, 0.29) is 6.10 Å². The van der Waals surface area contributed by atoms with Gasteiger partial charge < -0.3 is 15.2 Å². The van der Waals surface area contributed by atoms with Gasteiger partial charge in [-0.15, -0.1) is 0 Å². The number of pyridine rings is 1. The Kier molecular flexibility index (Phi) is 4.20. The van der Waals surface area contributed by atoms with E-state index >= 15 is 0 Å². The van der Waals surface area contributed by atoms with Crippen LogP contribution in [0, 0.1) is 5.92 Å². The van der Waals surface area contributed by atoms with Gasteiger partial charge in [-0.25, -0.2) is 4.98 Å². The Bertz CT molecular complexity index is 357. The van der Waals surface area contributed by atoms with Crippen molar-refractivity contribution in [2.24, 2.45) is 5.92 Å². The van der Waals surface area contributed by atoms with Gasteiger partial charge in [-0.1, -0.05) is 6.42 Å². The number of anilines is 1. The predicted octanol–water partition coefficient (Wildman–Crippen LogP) is 2.05. The maximum Gasteiger partial charge on any atom is 0.214 e. The number of hydrogen-bond donors (Lipinski definition) is 2. The van der Waals surface area contributed by atoms with Gasteiger partial charge in [0.25, 0.3) is 0 Å². The third-order valence-corrected chi connectivity index (χ3v) is 3.29. The summed E-state index contributed by atoms with van der Waals surface area (Å²) >= 11 is 0. The molecule has 0 amide bonds. The molecule has 0 spiro atoms. The smallest absolute Gasteiger partial charge is 0.214 e. The fraction of sp³-hybridized carbons (Fsp3) is 0.615. The van der Waals surface area contributed by atoms with Crippen LogP contribution in [0.2, 0.25) is 0 Å². The van der Waals surface area contributed by atoms with E-state index < -0.39 is 0 Å². The summed E-state index contributed by atoms with van der Waals surface area (Å²) in [5.41, 5.74) is 1.02. The Morgan fingerprint density at radius 1 is 1.53 bits per heavy atom. The van der Waals surface area contributed by atoms with E-state index in [1.165, 1.54) is 6.42 Å². The van der Waals surface area contributed by atoms with Crippen molar-refractivity contribution in [3.8, 4) is 5.88 Å². The lowest BCUT2D eigenvalue weighted by atomic mass is 9.87. The van der Waals surface area contributed by atoms with Crippen molar-refractivity contribution in [3.63, 3.8) is 0 Å². The largest absolute Gasteiger partial charge is 0.481 e. The van der Waals surface area contributed by atoms with Crippen LogP contribution < -0.4 is 10.1 Å². The Morgan fingerprint density at radius 3 is 3.18 bits per heavy atom. The normalized spacial score (nSPS) is 24.4. The number of aliphatic hydroxyl groups is 1. The number of aliphatic hydroxyl groups excluding tert-OH is 1. The van der Waals surface area contributed by atoms with Crippen LogP contribution in [0.25, 0.3) is 0 Å². The topological polar surface area (TPSA) is 54.4 Å². The lowest BCUT2D eigenvalue weighted by Gasteiger charge is -2.26. The molecule has 4 heteroatoms. The van der Waals surface area contributed by atoms with Gasteiger partial charge >= 0.3 is 0 Å². The fourth-order valence-corrected chi connectivity index (χ4v) is 2.34. The van der Waals surface area contributed by atoms with Gasteiger partial charge in [0, 0.05) is 24.5 Å². The van der Waals surface area contributed by atoms with Crippen LogP contribution in [-0.4, -0.2) is 29.8 Å². The number of nitrogens with one attached hydrogen (secondary N) is 1. The second-order valence-electron chi connectivity index (χ2n) is 4.65. The number of ether oxygens (including phenoxy) is 1. The monoisotopic (exact) mass is 236 g/mol. The highest BCUT2D eigenvalue weighted by atomic mass is 16.5. The van der Waals surface area contributed by atoms with Gasteiger partial charge in [0.2, 0.25) is 5.88 Å². The zero-order chi connectivity index (χ0) is 12.1. The molecular weight excluding hydrogens is 216 g/mol. The van der Waals surface area contributed by atoms with Crippen molar-refractivity contribution in [1.82, 2.24) is 4.98 Å². The molecule has 0 bridgehead atoms. The molecule has 2 N–H and O–H groups in total. The first-order chi connectivity index (χ1) is 8.28. The number of nitrogens with zero attached hydrogens (tertiary/aromatic N) is 1. The first kappa shape index (κ1) is 12.2. The number of aromatic nitrogens is 1. The third-order valence-electron chi connectivity index (χ3n) is 3.29. The van der Waals surface area contributed by atoms with E-state index in [1.54, 1.807) is 13.3 Å². The molecule has 17 heavy (non-hydrogen) atoms. The molecule has 0 aromatic carbocycles. The summed E-state index contributed by atoms with van der Waals surface area (Å²) in [4.78, 5) is 4.06. The van der Waals surface area contributed by atoms with Gasteiger partial charge in [-0.05, 0) is 31.2 Å². The average Bonchev–Trinajstić information content (AvgIpc) is 2.37. The van der Waals surface area contributed by atoms with Crippen LogP contribution in [0.1, 0.15) is 25.7 Å². The van der Waals surface area contributed by atoms with Gasteiger partial charge in [0.05, 0.1) is 13.2 Å². The van der Waals surface area contributed by atoms with Crippen molar-refractivity contribution >= 4 is 5.69 Å². The Balaban J connectivity index is 1.84. The lowest BCUT2D eigenvalue weighted by molar-refractivity contribution is 0.105. The van der Waals surface area contributed by atoms with Gasteiger partial charge in [0.1, 0.15) is 0 Å². The lowest BCUT2D eigenvalue weighted by Crippen LogP contribution is -2.24. The molecule has 1 fully saturated rings. The molecule has 1 aliphatic carbocycles. The number of hydrogen-bond acceptors (Lipinski definition) is 4. The zero-order valence-electron chi connectivity index (χ0n) is 10.2. The minimum Gasteiger partial charge on any atom is -0.481 e. The van der Waals surface area contributed by atoms with Gasteiger partial charge in [-0.3, -0.25) is 0 Å². The molecule has 0 aliphatic heterocycles. The summed E-state index contributed by atoms with van der Waals surface area (Å²) < 4.78 is 5.07. The molecule has 1 saturated carbocycles. The molecule has 2 atom stereocenters. The van der Waals surface area contributed by atoms with Crippen LogP contribution in [0.5, 0.6) is 5.88 Å². The Labute approximate surface area is 102 Å². The molecule has 1 aliphatic rings. The van der Waals surface area contributed by atoms with E-state index in [0.29, 0.717) is 11.8 Å². The highest BCUT2D eigenvalue weighted by Crippen LogP contribution is 2.24. The quantitative estimate of drug-likeness (QED) is 0.840. The van der Waals surface area contributed by atoms with Crippen molar-refractivity contribution in [3.05, 3.63) is 18.3 Å². The van der Waals surface area contributed by atoms with Gasteiger partial charge in [-0.2, -0.15) is 0 Å². The first-order valence-electron chi connectivity index (χ1n) is 6.20. The third kappa shape index (κ3) is 3.60. The standard InChI is InChI=1S/C13H20N2O2/c1-17-13-8-11(5-6-14-13)15-9-10-3-2-4-12(16)7-10/h5-6,8,10,12,16H,2-4,7,9H2,1H3,(H,14,15). The minimum atomic E-state index is -0.109. The second kappa shape index (κ2) is 5.87. The van der Waals surface area contributed by atoms with Gasteiger partial charge in [0.15, 0.2) is 0 Å². The van der Waals surface area contributed by atoms with Crippen LogP contribution in [-0.2, 0) is 0 Å². The van der Waals surface area contributed by atoms with E-state index in [9.17, 15) is 5.11 Å². The van der Waals surface area contributed by atoms with E-state index in [1.807, 2.05) is 12.1 Å². The summed E-state index contributed by atoms with van der Waals surface area (Å²) in [6, 6.07) is 3.82. The van der Waals surface area contributed by atoms with Crippen LogP contribution in [0.3, 0.4) is 0 Å². The molecule has 94 valence electrons. The summed E-state index contributed by atoms with van der Waals surface area (Å²) in [6.45, 7) is 0.907. The average molecular weight is 236 g/mol. The molecule has 1 aromatic rings. The fourth-order valence-electron chi connectivity index (χ4n) is 2.34. The van der Waals surface area contributed by atoms with Crippen molar-refractivity contribution < 1.29 is 9.84 Å². The van der Waals surface area contributed by atoms with Crippen molar-refractivity contribution in [2.45, 2.75) is 31.8 Å². The molecule has 0 saturated heterocycles. The van der Waals surface area contributed by atoms with Crippen molar-refractivity contribution in [1.29, 1.82) is 0 Å². The predicted molar refractivity (Wildman–Crippen MR) is 67.2 cm³/mol.